The molecule has 2 aromatic carbocycles. The fourth-order valence-electron chi connectivity index (χ4n) is 2.82. The number of nitrogens with one attached hydrogen (secondary N) is 1. The van der Waals surface area contributed by atoms with Crippen LogP contribution in [0.5, 0.6) is 0 Å². The SMILES string of the molecule is N#Cc1c(=O)c(C(=O)c2ccccc2)nn2c1[nH]c(=O)c1ccccc12. The lowest BCUT2D eigenvalue weighted by molar-refractivity contribution is 0.103. The Hall–Kier alpha value is -4.05. The molecule has 0 saturated heterocycles. The normalized spacial score (nSPS) is 10.7. The second-order valence-corrected chi connectivity index (χ2v) is 5.59. The summed E-state index contributed by atoms with van der Waals surface area (Å²) >= 11 is 0. The minimum absolute atomic E-state index is 0.0363. The van der Waals surface area contributed by atoms with Crippen molar-refractivity contribution in [1.29, 1.82) is 5.26 Å². The van der Waals surface area contributed by atoms with Crippen LogP contribution in [0.3, 0.4) is 0 Å². The Labute approximate surface area is 145 Å². The highest BCUT2D eigenvalue weighted by Crippen LogP contribution is 2.13. The number of aromatic amines is 1. The number of fused-ring (bicyclic) bond motifs is 3. The molecule has 0 aliphatic heterocycles. The third-order valence-corrected chi connectivity index (χ3v) is 4.06. The number of aromatic nitrogens is 3. The molecule has 0 atom stereocenters. The van der Waals surface area contributed by atoms with Gasteiger partial charge in [-0.2, -0.15) is 10.4 Å². The van der Waals surface area contributed by atoms with Gasteiger partial charge in [0.2, 0.25) is 11.2 Å². The highest BCUT2D eigenvalue weighted by atomic mass is 16.1. The standard InChI is InChI=1S/C19H10N4O3/c20-10-13-17(25)15(16(24)11-6-2-1-3-7-11)22-23-14-9-5-4-8-12(14)19(26)21-18(13)23/h1-9H,(H,21,26). The molecule has 0 aliphatic carbocycles. The number of benzene rings is 2. The Morgan fingerprint density at radius 3 is 2.46 bits per heavy atom. The summed E-state index contributed by atoms with van der Waals surface area (Å²) in [7, 11) is 0. The second kappa shape index (κ2) is 5.79. The summed E-state index contributed by atoms with van der Waals surface area (Å²) in [6, 6.07) is 16.6. The predicted octanol–water partition coefficient (Wildman–Crippen LogP) is 1.64. The van der Waals surface area contributed by atoms with Crippen molar-refractivity contribution in [1.82, 2.24) is 14.6 Å². The van der Waals surface area contributed by atoms with Gasteiger partial charge in [0.25, 0.3) is 5.56 Å². The number of rotatable bonds is 2. The molecule has 0 saturated carbocycles. The number of carbonyl (C=O) groups excluding carboxylic acids is 1. The molecular formula is C19H10N4O3. The monoisotopic (exact) mass is 342 g/mol. The van der Waals surface area contributed by atoms with Gasteiger partial charge < -0.3 is 4.98 Å². The molecule has 4 rings (SSSR count). The van der Waals surface area contributed by atoms with Gasteiger partial charge in [-0.25, -0.2) is 4.52 Å². The molecule has 0 amide bonds. The maximum atomic E-state index is 12.7. The highest BCUT2D eigenvalue weighted by molar-refractivity contribution is 6.07. The van der Waals surface area contributed by atoms with Gasteiger partial charge >= 0.3 is 0 Å². The van der Waals surface area contributed by atoms with Crippen LogP contribution in [0.1, 0.15) is 21.6 Å². The average molecular weight is 342 g/mol. The van der Waals surface area contributed by atoms with Crippen molar-refractivity contribution in [3.05, 3.63) is 92.0 Å². The first kappa shape index (κ1) is 15.5. The van der Waals surface area contributed by atoms with E-state index in [1.807, 2.05) is 0 Å². The van der Waals surface area contributed by atoms with Crippen LogP contribution in [-0.4, -0.2) is 20.4 Å². The summed E-state index contributed by atoms with van der Waals surface area (Å²) in [4.78, 5) is 40.1. The molecule has 2 heterocycles. The zero-order valence-electron chi connectivity index (χ0n) is 13.3. The van der Waals surface area contributed by atoms with Gasteiger partial charge in [-0.1, -0.05) is 42.5 Å². The molecule has 7 nitrogen and oxygen atoms in total. The molecule has 7 heteroatoms. The maximum Gasteiger partial charge on any atom is 0.259 e. The largest absolute Gasteiger partial charge is 0.305 e. The Balaban J connectivity index is 2.15. The number of carbonyl (C=O) groups is 1. The minimum Gasteiger partial charge on any atom is -0.305 e. The van der Waals surface area contributed by atoms with Crippen molar-refractivity contribution in [2.75, 3.05) is 0 Å². The lowest BCUT2D eigenvalue weighted by Gasteiger charge is -2.08. The van der Waals surface area contributed by atoms with Crippen LogP contribution in [0.2, 0.25) is 0 Å². The van der Waals surface area contributed by atoms with E-state index in [1.165, 1.54) is 4.52 Å². The van der Waals surface area contributed by atoms with Crippen LogP contribution in [0, 0.1) is 11.3 Å². The molecule has 0 spiro atoms. The molecule has 0 unspecified atom stereocenters. The van der Waals surface area contributed by atoms with E-state index >= 15 is 0 Å². The van der Waals surface area contributed by atoms with E-state index in [1.54, 1.807) is 60.7 Å². The van der Waals surface area contributed by atoms with Crippen LogP contribution in [0.4, 0.5) is 0 Å². The van der Waals surface area contributed by atoms with E-state index in [0.29, 0.717) is 10.9 Å². The van der Waals surface area contributed by atoms with Gasteiger partial charge in [-0.05, 0) is 12.1 Å². The van der Waals surface area contributed by atoms with E-state index in [0.717, 1.165) is 0 Å². The van der Waals surface area contributed by atoms with E-state index < -0.39 is 16.8 Å². The molecule has 4 aromatic rings. The first-order valence-corrected chi connectivity index (χ1v) is 7.69. The van der Waals surface area contributed by atoms with Gasteiger partial charge in [0.05, 0.1) is 10.9 Å². The topological polar surface area (TPSA) is 108 Å². The molecule has 0 fully saturated rings. The summed E-state index contributed by atoms with van der Waals surface area (Å²) in [6.45, 7) is 0. The summed E-state index contributed by atoms with van der Waals surface area (Å²) in [6.07, 6.45) is 0. The van der Waals surface area contributed by atoms with E-state index in [2.05, 4.69) is 10.1 Å². The van der Waals surface area contributed by atoms with Crippen molar-refractivity contribution in [2.45, 2.75) is 0 Å². The first-order valence-electron chi connectivity index (χ1n) is 7.69. The first-order chi connectivity index (χ1) is 12.6. The van der Waals surface area contributed by atoms with E-state index in [9.17, 15) is 19.6 Å². The third kappa shape index (κ3) is 2.21. The summed E-state index contributed by atoms with van der Waals surface area (Å²) in [5, 5.41) is 13.9. The number of nitrogens with zero attached hydrogens (tertiary/aromatic N) is 3. The van der Waals surface area contributed by atoms with Crippen molar-refractivity contribution in [2.24, 2.45) is 0 Å². The Bertz CT molecular complexity index is 1350. The van der Waals surface area contributed by atoms with Gasteiger partial charge in [0, 0.05) is 5.56 Å². The zero-order chi connectivity index (χ0) is 18.3. The number of para-hydroxylation sites is 1. The smallest absolute Gasteiger partial charge is 0.259 e. The molecule has 124 valence electrons. The molecule has 0 radical (unpaired) electrons. The van der Waals surface area contributed by atoms with Crippen LogP contribution < -0.4 is 11.0 Å². The van der Waals surface area contributed by atoms with Crippen molar-refractivity contribution < 1.29 is 4.79 Å². The Morgan fingerprint density at radius 1 is 1.04 bits per heavy atom. The molecule has 0 aliphatic rings. The predicted molar refractivity (Wildman–Crippen MR) is 94.2 cm³/mol. The van der Waals surface area contributed by atoms with Crippen LogP contribution in [-0.2, 0) is 0 Å². The molecular weight excluding hydrogens is 332 g/mol. The van der Waals surface area contributed by atoms with Gasteiger partial charge in [0.15, 0.2) is 11.3 Å². The number of ketones is 1. The molecule has 26 heavy (non-hydrogen) atoms. The lowest BCUT2D eigenvalue weighted by atomic mass is 10.1. The zero-order valence-corrected chi connectivity index (χ0v) is 13.3. The van der Waals surface area contributed by atoms with E-state index in [4.69, 9.17) is 0 Å². The van der Waals surface area contributed by atoms with Crippen LogP contribution >= 0.6 is 0 Å². The van der Waals surface area contributed by atoms with Crippen LogP contribution in [0.25, 0.3) is 16.6 Å². The van der Waals surface area contributed by atoms with Gasteiger partial charge in [0.1, 0.15) is 11.6 Å². The van der Waals surface area contributed by atoms with Gasteiger partial charge in [-0.15, -0.1) is 0 Å². The van der Waals surface area contributed by atoms with Gasteiger partial charge in [-0.3, -0.25) is 14.4 Å². The lowest BCUT2D eigenvalue weighted by Crippen LogP contribution is -2.26. The summed E-state index contributed by atoms with van der Waals surface area (Å²) < 4.78 is 1.26. The highest BCUT2D eigenvalue weighted by Gasteiger charge is 2.21. The number of hydrogen-bond donors (Lipinski definition) is 1. The number of H-pyrrole nitrogens is 1. The minimum atomic E-state index is -0.813. The summed E-state index contributed by atoms with van der Waals surface area (Å²) in [5.74, 6) is -0.586. The maximum absolute atomic E-state index is 12.7. The number of nitriles is 1. The van der Waals surface area contributed by atoms with Crippen molar-refractivity contribution in [3.8, 4) is 6.07 Å². The van der Waals surface area contributed by atoms with Crippen molar-refractivity contribution in [3.63, 3.8) is 0 Å². The fraction of sp³-hybridized carbons (Fsp3) is 0. The fourth-order valence-corrected chi connectivity index (χ4v) is 2.82. The molecule has 0 bridgehead atoms. The number of hydrogen-bond acceptors (Lipinski definition) is 5. The Kier molecular flexibility index (Phi) is 3.45. The quantitative estimate of drug-likeness (QED) is 0.440. The van der Waals surface area contributed by atoms with E-state index in [-0.39, 0.29) is 22.5 Å². The average Bonchev–Trinajstić information content (AvgIpc) is 2.68. The third-order valence-electron chi connectivity index (χ3n) is 4.06. The van der Waals surface area contributed by atoms with Crippen molar-refractivity contribution >= 4 is 22.3 Å². The summed E-state index contributed by atoms with van der Waals surface area (Å²) in [5.41, 5.74) is -1.32. The second-order valence-electron chi connectivity index (χ2n) is 5.59. The van der Waals surface area contributed by atoms with Crippen LogP contribution in [0.15, 0.2) is 64.2 Å². The Morgan fingerprint density at radius 2 is 1.73 bits per heavy atom. The molecule has 2 aromatic heterocycles. The molecule has 1 N–H and O–H groups in total.